The summed E-state index contributed by atoms with van der Waals surface area (Å²) in [6, 6.07) is 6.10. The van der Waals surface area contributed by atoms with Crippen LogP contribution in [0.2, 0.25) is 0 Å². The van der Waals surface area contributed by atoms with Gasteiger partial charge in [-0.1, -0.05) is 4.98 Å². The summed E-state index contributed by atoms with van der Waals surface area (Å²) in [5.74, 6) is 0.673. The summed E-state index contributed by atoms with van der Waals surface area (Å²) in [6.07, 6.45) is 9.41. The van der Waals surface area contributed by atoms with Crippen LogP contribution >= 0.6 is 0 Å². The van der Waals surface area contributed by atoms with Crippen LogP contribution in [0.4, 0.5) is 5.82 Å². The monoisotopic (exact) mass is 448 g/mol. The van der Waals surface area contributed by atoms with Crippen molar-refractivity contribution in [1.29, 1.82) is 0 Å². The number of ether oxygens (including phenoxy) is 1. The Balaban J connectivity index is 1.45. The highest BCUT2D eigenvalue weighted by molar-refractivity contribution is 5.99. The van der Waals surface area contributed by atoms with Gasteiger partial charge in [0.1, 0.15) is 5.56 Å². The number of anilines is 1. The zero-order chi connectivity index (χ0) is 22.4. The Morgan fingerprint density at radius 1 is 1.36 bits per heavy atom. The maximum atomic E-state index is 12.9. The molecule has 33 heavy (non-hydrogen) atoms. The molecule has 1 aliphatic heterocycles. The molecule has 10 nitrogen and oxygen atoms in total. The summed E-state index contributed by atoms with van der Waals surface area (Å²) in [4.78, 5) is 28.5. The molecule has 1 amide bonds. The van der Waals surface area contributed by atoms with E-state index in [9.17, 15) is 4.79 Å². The molecule has 10 heteroatoms. The van der Waals surface area contributed by atoms with E-state index in [1.165, 1.54) is 0 Å². The molecule has 1 saturated carbocycles. The number of pyridine rings is 1. The van der Waals surface area contributed by atoms with E-state index in [1.807, 2.05) is 31.4 Å². The van der Waals surface area contributed by atoms with Crippen molar-refractivity contribution in [2.45, 2.75) is 37.8 Å². The van der Waals surface area contributed by atoms with E-state index in [1.54, 1.807) is 21.6 Å². The Morgan fingerprint density at radius 2 is 2.27 bits per heavy atom. The molecule has 170 valence electrons. The van der Waals surface area contributed by atoms with Crippen LogP contribution in [-0.4, -0.2) is 58.1 Å². The van der Waals surface area contributed by atoms with Gasteiger partial charge in [-0.05, 0) is 31.4 Å². The van der Waals surface area contributed by atoms with Crippen LogP contribution in [0.15, 0.2) is 36.8 Å². The number of hydrogen-bond acceptors (Lipinski definition) is 6. The van der Waals surface area contributed by atoms with E-state index in [-0.39, 0.29) is 18.1 Å². The maximum absolute atomic E-state index is 12.9. The van der Waals surface area contributed by atoms with Crippen molar-refractivity contribution in [1.82, 2.24) is 25.1 Å². The Morgan fingerprint density at radius 3 is 3.03 bits per heavy atom. The average molecular weight is 449 g/mol. The maximum Gasteiger partial charge on any atom is 0.299 e. The summed E-state index contributed by atoms with van der Waals surface area (Å²) < 4.78 is 8.95. The van der Waals surface area contributed by atoms with Crippen molar-refractivity contribution in [2.75, 3.05) is 25.6 Å². The van der Waals surface area contributed by atoms with Crippen molar-refractivity contribution in [3.8, 4) is 11.3 Å². The second-order valence-electron chi connectivity index (χ2n) is 8.56. The quantitative estimate of drug-likeness (QED) is 0.388. The third kappa shape index (κ3) is 3.46. The molecule has 1 atom stereocenters. The fourth-order valence-electron chi connectivity index (χ4n) is 4.39. The van der Waals surface area contributed by atoms with E-state index >= 15 is 0 Å². The smallest absolute Gasteiger partial charge is 0.299 e. The minimum atomic E-state index is -0.112. The minimum absolute atomic E-state index is 0.0131. The van der Waals surface area contributed by atoms with Gasteiger partial charge in [0.2, 0.25) is 5.82 Å². The fourth-order valence-corrected chi connectivity index (χ4v) is 4.39. The first-order valence-corrected chi connectivity index (χ1v) is 11.4. The lowest BCUT2D eigenvalue weighted by atomic mass is 9.93. The van der Waals surface area contributed by atoms with Crippen molar-refractivity contribution < 1.29 is 18.9 Å². The molecule has 1 aliphatic carbocycles. The van der Waals surface area contributed by atoms with Gasteiger partial charge in [0.25, 0.3) is 11.6 Å². The molecule has 2 fully saturated rings. The molecule has 4 aromatic heterocycles. The second kappa shape index (κ2) is 8.04. The molecule has 5 heterocycles. The Labute approximate surface area is 189 Å². The van der Waals surface area contributed by atoms with Gasteiger partial charge in [-0.25, -0.2) is 4.98 Å². The molecular formula is C23H26N7O3+. The van der Waals surface area contributed by atoms with E-state index in [4.69, 9.17) is 14.6 Å². The van der Waals surface area contributed by atoms with E-state index in [0.717, 1.165) is 53.8 Å². The van der Waals surface area contributed by atoms with Crippen LogP contribution in [0.1, 0.15) is 36.0 Å². The van der Waals surface area contributed by atoms with Gasteiger partial charge in [-0.3, -0.25) is 9.89 Å². The standard InChI is InChI=1S/C23H25N7O3/c1-24-20-10-19(28-22-17(11-26-30(20)22)23(31)27-14-4-2-5-14)18-12-29(33-15-7-9-32-13-15)21-16(18)6-3-8-25-21/h3,6,8,10-12,14-15H,2,4-5,7,9,13H2,1H3,(H2,24,26,27,28,31)/p+1. The number of carbonyl (C=O) groups excluding carboxylic acids is 1. The lowest BCUT2D eigenvalue weighted by Gasteiger charge is -2.25. The number of rotatable bonds is 6. The molecule has 0 bridgehead atoms. The topological polar surface area (TPSA) is 110 Å². The van der Waals surface area contributed by atoms with Gasteiger partial charge in [-0.15, -0.1) is 4.52 Å². The molecule has 0 radical (unpaired) electrons. The van der Waals surface area contributed by atoms with Crippen LogP contribution in [0.5, 0.6) is 0 Å². The predicted molar refractivity (Wildman–Crippen MR) is 121 cm³/mol. The summed E-state index contributed by atoms with van der Waals surface area (Å²) in [7, 11) is 1.84. The average Bonchev–Trinajstić information content (AvgIpc) is 3.55. The van der Waals surface area contributed by atoms with Gasteiger partial charge < -0.3 is 20.2 Å². The lowest BCUT2D eigenvalue weighted by Crippen LogP contribution is -2.39. The predicted octanol–water partition coefficient (Wildman–Crippen LogP) is 1.71. The van der Waals surface area contributed by atoms with Gasteiger partial charge in [0.15, 0.2) is 17.4 Å². The zero-order valence-corrected chi connectivity index (χ0v) is 18.4. The van der Waals surface area contributed by atoms with Gasteiger partial charge >= 0.3 is 0 Å². The highest BCUT2D eigenvalue weighted by atomic mass is 16.7. The molecule has 0 aromatic carbocycles. The molecule has 2 aliphatic rings. The number of amides is 1. The molecule has 4 aromatic rings. The van der Waals surface area contributed by atoms with Crippen LogP contribution < -0.4 is 20.0 Å². The normalized spacial score (nSPS) is 18.5. The summed E-state index contributed by atoms with van der Waals surface area (Å²) in [5, 5.41) is 10.4. The van der Waals surface area contributed by atoms with Crippen molar-refractivity contribution in [3.05, 3.63) is 42.4 Å². The SMILES string of the molecule is CNc1cc(-c2cn(OC3CCOC3)c3ncccc23)nc2c(C(=O)NC3CCC3)c[nH][n+]12. The first-order valence-electron chi connectivity index (χ1n) is 11.4. The van der Waals surface area contributed by atoms with Crippen molar-refractivity contribution in [2.24, 2.45) is 0 Å². The van der Waals surface area contributed by atoms with Crippen LogP contribution in [0, 0.1) is 0 Å². The molecule has 1 saturated heterocycles. The highest BCUT2D eigenvalue weighted by Gasteiger charge is 2.28. The first-order chi connectivity index (χ1) is 16.2. The minimum Gasteiger partial charge on any atom is -0.407 e. The molecular weight excluding hydrogens is 422 g/mol. The Kier molecular flexibility index (Phi) is 4.87. The molecule has 0 spiro atoms. The number of carbonyl (C=O) groups is 1. The Hall–Kier alpha value is -3.66. The van der Waals surface area contributed by atoms with Gasteiger partial charge in [0, 0.05) is 36.7 Å². The highest BCUT2D eigenvalue weighted by Crippen LogP contribution is 2.30. The van der Waals surface area contributed by atoms with Crippen LogP contribution in [-0.2, 0) is 4.74 Å². The zero-order valence-electron chi connectivity index (χ0n) is 18.4. The molecule has 3 N–H and O–H groups in total. The number of nitrogens with one attached hydrogen (secondary N) is 3. The number of hydrogen-bond donors (Lipinski definition) is 3. The Bertz CT molecular complexity index is 1330. The third-order valence-corrected chi connectivity index (χ3v) is 6.43. The number of aromatic amines is 1. The van der Waals surface area contributed by atoms with E-state index in [2.05, 4.69) is 20.7 Å². The summed E-state index contributed by atoms with van der Waals surface area (Å²) in [5.41, 5.74) is 3.39. The van der Waals surface area contributed by atoms with Gasteiger partial charge in [0.05, 0.1) is 31.7 Å². The van der Waals surface area contributed by atoms with Crippen LogP contribution in [0.3, 0.4) is 0 Å². The molecule has 6 rings (SSSR count). The number of fused-ring (bicyclic) bond motifs is 2. The summed E-state index contributed by atoms with van der Waals surface area (Å²) >= 11 is 0. The van der Waals surface area contributed by atoms with E-state index < -0.39 is 0 Å². The lowest BCUT2D eigenvalue weighted by molar-refractivity contribution is -0.563. The van der Waals surface area contributed by atoms with Crippen molar-refractivity contribution >= 4 is 28.4 Å². The number of aromatic nitrogens is 5. The largest absolute Gasteiger partial charge is 0.407 e. The van der Waals surface area contributed by atoms with Crippen molar-refractivity contribution in [3.63, 3.8) is 0 Å². The summed E-state index contributed by atoms with van der Waals surface area (Å²) in [6.45, 7) is 1.26. The third-order valence-electron chi connectivity index (χ3n) is 6.43. The van der Waals surface area contributed by atoms with Gasteiger partial charge in [-0.2, -0.15) is 4.73 Å². The number of nitrogens with zero attached hydrogens (tertiary/aromatic N) is 4. The first kappa shape index (κ1) is 20.0. The molecule has 1 unspecified atom stereocenters. The fraction of sp³-hybridized carbons (Fsp3) is 0.391. The second-order valence-corrected chi connectivity index (χ2v) is 8.56. The number of H-pyrrole nitrogens is 1. The van der Waals surface area contributed by atoms with E-state index in [0.29, 0.717) is 24.4 Å². The van der Waals surface area contributed by atoms with Crippen LogP contribution in [0.25, 0.3) is 27.9 Å².